The van der Waals surface area contributed by atoms with Gasteiger partial charge >= 0.3 is 0 Å². The van der Waals surface area contributed by atoms with E-state index < -0.39 is 9.84 Å². The molecule has 1 aliphatic rings. The Bertz CT molecular complexity index is 1030. The van der Waals surface area contributed by atoms with Crippen molar-refractivity contribution in [3.8, 4) is 0 Å². The highest BCUT2D eigenvalue weighted by Crippen LogP contribution is 2.21. The summed E-state index contributed by atoms with van der Waals surface area (Å²) in [6.07, 6.45) is 3.41. The summed E-state index contributed by atoms with van der Waals surface area (Å²) >= 11 is 0. The molecule has 3 rings (SSSR count). The largest absolute Gasteiger partial charge is 0.355 e. The molecule has 1 heterocycles. The van der Waals surface area contributed by atoms with E-state index in [1.54, 1.807) is 13.1 Å². The molecule has 1 unspecified atom stereocenters. The monoisotopic (exact) mass is 442 g/mol. The van der Waals surface area contributed by atoms with Crippen LogP contribution in [0.25, 0.3) is 0 Å². The van der Waals surface area contributed by atoms with Crippen LogP contribution in [0.15, 0.2) is 52.4 Å². The molecule has 0 saturated carbocycles. The zero-order valence-corrected chi connectivity index (χ0v) is 19.8. The van der Waals surface area contributed by atoms with Crippen molar-refractivity contribution in [3.05, 3.63) is 64.7 Å². The standard InChI is InChI=1S/C24H34N4O2S/c1-5-22(28-13-12-20-8-6-7-9-21(20)17-28)16-27-24(25-3)26-15-19-10-11-23(18(2)14-19)31(4,29)30/h6-11,14,22H,5,12-13,15-17H2,1-4H3,(H2,25,26,27). The van der Waals surface area contributed by atoms with Crippen molar-refractivity contribution in [3.63, 3.8) is 0 Å². The second kappa shape index (κ2) is 10.3. The van der Waals surface area contributed by atoms with E-state index >= 15 is 0 Å². The van der Waals surface area contributed by atoms with Crippen LogP contribution < -0.4 is 10.6 Å². The highest BCUT2D eigenvalue weighted by Gasteiger charge is 2.22. The SMILES string of the molecule is CCC(CNC(=NC)NCc1ccc(S(C)(=O)=O)c(C)c1)N1CCc2ccccc2C1. The van der Waals surface area contributed by atoms with Gasteiger partial charge in [-0.05, 0) is 48.1 Å². The van der Waals surface area contributed by atoms with E-state index in [2.05, 4.69) is 51.7 Å². The van der Waals surface area contributed by atoms with Gasteiger partial charge in [-0.1, -0.05) is 43.3 Å². The van der Waals surface area contributed by atoms with Crippen molar-refractivity contribution in [2.24, 2.45) is 4.99 Å². The Balaban J connectivity index is 1.55. The zero-order valence-electron chi connectivity index (χ0n) is 19.0. The van der Waals surface area contributed by atoms with Gasteiger partial charge in [-0.3, -0.25) is 9.89 Å². The van der Waals surface area contributed by atoms with Gasteiger partial charge in [0.2, 0.25) is 0 Å². The van der Waals surface area contributed by atoms with Crippen LogP contribution in [-0.2, 0) is 29.3 Å². The summed E-state index contributed by atoms with van der Waals surface area (Å²) in [5.41, 5.74) is 4.69. The Morgan fingerprint density at radius 1 is 1.16 bits per heavy atom. The first-order valence-corrected chi connectivity index (χ1v) is 12.8. The summed E-state index contributed by atoms with van der Waals surface area (Å²) in [6, 6.07) is 14.6. The van der Waals surface area contributed by atoms with Crippen molar-refractivity contribution in [1.29, 1.82) is 0 Å². The Morgan fingerprint density at radius 2 is 1.90 bits per heavy atom. The Morgan fingerprint density at radius 3 is 2.55 bits per heavy atom. The molecule has 0 saturated heterocycles. The summed E-state index contributed by atoms with van der Waals surface area (Å²) < 4.78 is 23.6. The molecule has 2 aromatic carbocycles. The zero-order chi connectivity index (χ0) is 22.4. The molecule has 1 aliphatic heterocycles. The molecule has 168 valence electrons. The van der Waals surface area contributed by atoms with Crippen LogP contribution in [0.2, 0.25) is 0 Å². The number of rotatable bonds is 7. The Hall–Kier alpha value is -2.38. The van der Waals surface area contributed by atoms with E-state index in [-0.39, 0.29) is 0 Å². The van der Waals surface area contributed by atoms with Crippen molar-refractivity contribution < 1.29 is 8.42 Å². The fraction of sp³-hybridized carbons (Fsp3) is 0.458. The molecular formula is C24H34N4O2S. The predicted octanol–water partition coefficient (Wildman–Crippen LogP) is 2.90. The average molecular weight is 443 g/mol. The molecule has 31 heavy (non-hydrogen) atoms. The average Bonchev–Trinajstić information content (AvgIpc) is 2.75. The van der Waals surface area contributed by atoms with E-state index in [9.17, 15) is 8.42 Å². The minimum Gasteiger partial charge on any atom is -0.355 e. The number of fused-ring (bicyclic) bond motifs is 1. The van der Waals surface area contributed by atoms with E-state index in [1.165, 1.54) is 17.4 Å². The van der Waals surface area contributed by atoms with Crippen LogP contribution in [0.3, 0.4) is 0 Å². The van der Waals surface area contributed by atoms with Gasteiger partial charge in [0.15, 0.2) is 15.8 Å². The van der Waals surface area contributed by atoms with Gasteiger partial charge in [0, 0.05) is 45.5 Å². The number of nitrogens with one attached hydrogen (secondary N) is 2. The number of nitrogens with zero attached hydrogens (tertiary/aromatic N) is 2. The van der Waals surface area contributed by atoms with Gasteiger partial charge in [0.05, 0.1) is 4.90 Å². The third-order valence-electron chi connectivity index (χ3n) is 5.98. The lowest BCUT2D eigenvalue weighted by atomic mass is 9.98. The normalized spacial score (nSPS) is 15.9. The van der Waals surface area contributed by atoms with Gasteiger partial charge in [-0.15, -0.1) is 0 Å². The molecule has 0 bridgehead atoms. The Labute approximate surface area is 186 Å². The second-order valence-corrected chi connectivity index (χ2v) is 10.2. The van der Waals surface area contributed by atoms with Gasteiger partial charge in [0.25, 0.3) is 0 Å². The van der Waals surface area contributed by atoms with E-state index in [0.717, 1.165) is 49.6 Å². The van der Waals surface area contributed by atoms with Crippen molar-refractivity contribution in [2.75, 3.05) is 26.4 Å². The van der Waals surface area contributed by atoms with Gasteiger partial charge in [-0.25, -0.2) is 8.42 Å². The highest BCUT2D eigenvalue weighted by atomic mass is 32.2. The number of benzene rings is 2. The molecule has 7 heteroatoms. The van der Waals surface area contributed by atoms with Crippen molar-refractivity contribution >= 4 is 15.8 Å². The third kappa shape index (κ3) is 6.08. The molecule has 0 aliphatic carbocycles. The molecule has 6 nitrogen and oxygen atoms in total. The molecule has 0 aromatic heterocycles. The molecule has 1 atom stereocenters. The molecule has 2 aromatic rings. The second-order valence-electron chi connectivity index (χ2n) is 8.23. The molecule has 0 radical (unpaired) electrons. The topological polar surface area (TPSA) is 73.8 Å². The fourth-order valence-corrected chi connectivity index (χ4v) is 5.18. The van der Waals surface area contributed by atoms with Crippen LogP contribution >= 0.6 is 0 Å². The third-order valence-corrected chi connectivity index (χ3v) is 7.23. The quantitative estimate of drug-likeness (QED) is 0.510. The summed E-state index contributed by atoms with van der Waals surface area (Å²) in [4.78, 5) is 7.28. The molecule has 0 fully saturated rings. The van der Waals surface area contributed by atoms with Gasteiger partial charge < -0.3 is 10.6 Å². The van der Waals surface area contributed by atoms with Crippen molar-refractivity contribution in [1.82, 2.24) is 15.5 Å². The molecular weight excluding hydrogens is 408 g/mol. The van der Waals surface area contributed by atoms with E-state index in [0.29, 0.717) is 17.5 Å². The number of hydrogen-bond acceptors (Lipinski definition) is 4. The van der Waals surface area contributed by atoms with Crippen molar-refractivity contribution in [2.45, 2.75) is 50.7 Å². The number of guanidine groups is 1. The fourth-order valence-electron chi connectivity index (χ4n) is 4.22. The first kappa shape index (κ1) is 23.3. The van der Waals surface area contributed by atoms with Gasteiger partial charge in [0.1, 0.15) is 0 Å². The summed E-state index contributed by atoms with van der Waals surface area (Å²) in [6.45, 7) is 7.54. The predicted molar refractivity (Wildman–Crippen MR) is 127 cm³/mol. The van der Waals surface area contributed by atoms with E-state index in [4.69, 9.17) is 0 Å². The van der Waals surface area contributed by atoms with Crippen LogP contribution in [0.4, 0.5) is 0 Å². The maximum Gasteiger partial charge on any atom is 0.191 e. The van der Waals surface area contributed by atoms with Crippen LogP contribution in [0.1, 0.15) is 35.6 Å². The van der Waals surface area contributed by atoms with Crippen LogP contribution in [0.5, 0.6) is 0 Å². The lowest BCUT2D eigenvalue weighted by molar-refractivity contribution is 0.174. The minimum absolute atomic E-state index is 0.382. The van der Waals surface area contributed by atoms with Crippen LogP contribution in [0, 0.1) is 6.92 Å². The maximum atomic E-state index is 11.8. The smallest absolute Gasteiger partial charge is 0.191 e. The van der Waals surface area contributed by atoms with Crippen LogP contribution in [-0.4, -0.2) is 51.7 Å². The molecule has 2 N–H and O–H groups in total. The Kier molecular flexibility index (Phi) is 7.73. The summed E-state index contributed by atoms with van der Waals surface area (Å²) in [5.74, 6) is 0.751. The van der Waals surface area contributed by atoms with E-state index in [1.807, 2.05) is 19.1 Å². The number of sulfone groups is 1. The summed E-state index contributed by atoms with van der Waals surface area (Å²) in [5, 5.41) is 6.80. The first-order chi connectivity index (χ1) is 14.8. The number of aliphatic imine (C=N–C) groups is 1. The first-order valence-electron chi connectivity index (χ1n) is 10.9. The van der Waals surface area contributed by atoms with Gasteiger partial charge in [-0.2, -0.15) is 0 Å². The minimum atomic E-state index is -3.20. The molecule has 0 spiro atoms. The maximum absolute atomic E-state index is 11.8. The number of hydrogen-bond donors (Lipinski definition) is 2. The molecule has 0 amide bonds. The summed E-state index contributed by atoms with van der Waals surface area (Å²) in [7, 11) is -1.43. The number of aryl methyl sites for hydroxylation is 1. The lowest BCUT2D eigenvalue weighted by Gasteiger charge is -2.35. The lowest BCUT2D eigenvalue weighted by Crippen LogP contribution is -2.48. The highest BCUT2D eigenvalue weighted by molar-refractivity contribution is 7.90.